The number of halogens is 1. The summed E-state index contributed by atoms with van der Waals surface area (Å²) in [6.07, 6.45) is 0. The third-order valence-electron chi connectivity index (χ3n) is 2.86. The van der Waals surface area contributed by atoms with Gasteiger partial charge in [0.1, 0.15) is 5.82 Å². The molecule has 0 unspecified atom stereocenters. The van der Waals surface area contributed by atoms with Gasteiger partial charge in [0.15, 0.2) is 0 Å². The standard InChI is InChI=1S/C15H12FNO4/c16-12-7-11(15(20)21)5-6-13(12)17-14(19)10-3-1-9(8-18)2-4-10/h1-7,18H,8H2,(H,17,19)(H,20,21). The van der Waals surface area contributed by atoms with E-state index in [0.717, 1.165) is 6.07 Å². The van der Waals surface area contributed by atoms with Crippen LogP contribution in [0.15, 0.2) is 42.5 Å². The molecule has 0 aliphatic carbocycles. The molecule has 1 amide bonds. The summed E-state index contributed by atoms with van der Waals surface area (Å²) >= 11 is 0. The Kier molecular flexibility index (Phi) is 4.30. The Morgan fingerprint density at radius 3 is 2.19 bits per heavy atom. The third-order valence-corrected chi connectivity index (χ3v) is 2.86. The Morgan fingerprint density at radius 2 is 1.67 bits per heavy atom. The van der Waals surface area contributed by atoms with E-state index < -0.39 is 17.7 Å². The third kappa shape index (κ3) is 3.43. The van der Waals surface area contributed by atoms with E-state index in [1.54, 1.807) is 12.1 Å². The molecule has 0 heterocycles. The first-order valence-electron chi connectivity index (χ1n) is 6.05. The molecule has 0 spiro atoms. The average molecular weight is 289 g/mol. The number of hydrogen-bond acceptors (Lipinski definition) is 3. The van der Waals surface area contributed by atoms with Crippen molar-refractivity contribution in [2.75, 3.05) is 5.32 Å². The summed E-state index contributed by atoms with van der Waals surface area (Å²) in [6, 6.07) is 9.41. The smallest absolute Gasteiger partial charge is 0.335 e. The highest BCUT2D eigenvalue weighted by molar-refractivity contribution is 6.04. The van der Waals surface area contributed by atoms with Crippen LogP contribution >= 0.6 is 0 Å². The van der Waals surface area contributed by atoms with Gasteiger partial charge in [-0.05, 0) is 35.9 Å². The van der Waals surface area contributed by atoms with Crippen molar-refractivity contribution in [1.82, 2.24) is 0 Å². The van der Waals surface area contributed by atoms with Crippen molar-refractivity contribution in [2.45, 2.75) is 6.61 Å². The number of rotatable bonds is 4. The first kappa shape index (κ1) is 14.7. The summed E-state index contributed by atoms with van der Waals surface area (Å²) in [5.74, 6) is -2.59. The molecule has 0 bridgehead atoms. The second-order valence-electron chi connectivity index (χ2n) is 4.31. The van der Waals surface area contributed by atoms with E-state index in [0.29, 0.717) is 11.1 Å². The van der Waals surface area contributed by atoms with Crippen molar-refractivity contribution < 1.29 is 24.2 Å². The number of carboxylic acids is 1. The molecule has 0 atom stereocenters. The van der Waals surface area contributed by atoms with Crippen LogP contribution < -0.4 is 5.32 Å². The van der Waals surface area contributed by atoms with Gasteiger partial charge in [-0.25, -0.2) is 9.18 Å². The van der Waals surface area contributed by atoms with Crippen LogP contribution in [-0.4, -0.2) is 22.1 Å². The number of aliphatic hydroxyl groups is 1. The van der Waals surface area contributed by atoms with Gasteiger partial charge in [0.05, 0.1) is 17.9 Å². The van der Waals surface area contributed by atoms with Crippen molar-refractivity contribution in [2.24, 2.45) is 0 Å². The lowest BCUT2D eigenvalue weighted by atomic mass is 10.1. The van der Waals surface area contributed by atoms with Crippen LogP contribution in [0.5, 0.6) is 0 Å². The Morgan fingerprint density at radius 1 is 1.05 bits per heavy atom. The largest absolute Gasteiger partial charge is 0.478 e. The fraction of sp³-hybridized carbons (Fsp3) is 0.0667. The molecule has 3 N–H and O–H groups in total. The number of hydrogen-bond donors (Lipinski definition) is 3. The molecule has 108 valence electrons. The van der Waals surface area contributed by atoms with Crippen molar-refractivity contribution in [3.63, 3.8) is 0 Å². The molecule has 0 fully saturated rings. The Labute approximate surface area is 119 Å². The Hall–Kier alpha value is -2.73. The van der Waals surface area contributed by atoms with Gasteiger partial charge >= 0.3 is 5.97 Å². The molecule has 2 aromatic carbocycles. The van der Waals surface area contributed by atoms with E-state index in [1.165, 1.54) is 24.3 Å². The van der Waals surface area contributed by atoms with Crippen molar-refractivity contribution >= 4 is 17.6 Å². The summed E-state index contributed by atoms with van der Waals surface area (Å²) in [5.41, 5.74) is 0.659. The number of carbonyl (C=O) groups is 2. The van der Waals surface area contributed by atoms with E-state index >= 15 is 0 Å². The van der Waals surface area contributed by atoms with Crippen LogP contribution in [0.4, 0.5) is 10.1 Å². The number of anilines is 1. The van der Waals surface area contributed by atoms with Gasteiger partial charge in [0.2, 0.25) is 0 Å². The molecule has 0 aliphatic heterocycles. The van der Waals surface area contributed by atoms with Gasteiger partial charge < -0.3 is 15.5 Å². The van der Waals surface area contributed by atoms with Gasteiger partial charge in [-0.1, -0.05) is 12.1 Å². The summed E-state index contributed by atoms with van der Waals surface area (Å²) in [7, 11) is 0. The van der Waals surface area contributed by atoms with E-state index in [-0.39, 0.29) is 17.9 Å². The van der Waals surface area contributed by atoms with Crippen molar-refractivity contribution in [3.05, 3.63) is 65.0 Å². The van der Waals surface area contributed by atoms with Gasteiger partial charge in [-0.3, -0.25) is 4.79 Å². The molecule has 6 heteroatoms. The maximum atomic E-state index is 13.7. The predicted molar refractivity (Wildman–Crippen MR) is 73.7 cm³/mol. The minimum atomic E-state index is -1.24. The van der Waals surface area contributed by atoms with Gasteiger partial charge in [-0.15, -0.1) is 0 Å². The van der Waals surface area contributed by atoms with Crippen LogP contribution in [0, 0.1) is 5.82 Å². The van der Waals surface area contributed by atoms with Crippen LogP contribution in [0.1, 0.15) is 26.3 Å². The lowest BCUT2D eigenvalue weighted by molar-refractivity contribution is 0.0696. The van der Waals surface area contributed by atoms with Gasteiger partial charge in [0.25, 0.3) is 5.91 Å². The lowest BCUT2D eigenvalue weighted by Crippen LogP contribution is -2.13. The van der Waals surface area contributed by atoms with E-state index in [1.807, 2.05) is 0 Å². The second-order valence-corrected chi connectivity index (χ2v) is 4.31. The number of carboxylic acid groups (broad SMARTS) is 1. The Bertz CT molecular complexity index is 683. The summed E-state index contributed by atoms with van der Waals surface area (Å²) in [4.78, 5) is 22.6. The molecule has 0 aliphatic rings. The number of carbonyl (C=O) groups excluding carboxylic acids is 1. The highest BCUT2D eigenvalue weighted by Crippen LogP contribution is 2.17. The zero-order valence-corrected chi connectivity index (χ0v) is 10.8. The number of benzene rings is 2. The van der Waals surface area contributed by atoms with Crippen LogP contribution in [0.2, 0.25) is 0 Å². The molecular formula is C15H12FNO4. The normalized spacial score (nSPS) is 10.2. The highest BCUT2D eigenvalue weighted by atomic mass is 19.1. The molecule has 0 saturated heterocycles. The lowest BCUT2D eigenvalue weighted by Gasteiger charge is -2.07. The molecule has 2 rings (SSSR count). The molecule has 0 radical (unpaired) electrons. The zero-order chi connectivity index (χ0) is 15.4. The quantitative estimate of drug-likeness (QED) is 0.805. The van der Waals surface area contributed by atoms with E-state index in [4.69, 9.17) is 10.2 Å². The zero-order valence-electron chi connectivity index (χ0n) is 10.8. The molecule has 0 aromatic heterocycles. The van der Waals surface area contributed by atoms with Crippen LogP contribution in [0.3, 0.4) is 0 Å². The summed E-state index contributed by atoms with van der Waals surface area (Å²) < 4.78 is 13.7. The minimum Gasteiger partial charge on any atom is -0.478 e. The van der Waals surface area contributed by atoms with Crippen LogP contribution in [0.25, 0.3) is 0 Å². The fourth-order valence-corrected chi connectivity index (χ4v) is 1.71. The predicted octanol–water partition coefficient (Wildman–Crippen LogP) is 2.27. The number of aliphatic hydroxyl groups excluding tert-OH is 1. The highest BCUT2D eigenvalue weighted by Gasteiger charge is 2.12. The van der Waals surface area contributed by atoms with Gasteiger partial charge in [0, 0.05) is 5.56 Å². The summed E-state index contributed by atoms with van der Waals surface area (Å²) in [6.45, 7) is -0.132. The Balaban J connectivity index is 2.17. The molecule has 0 saturated carbocycles. The van der Waals surface area contributed by atoms with Crippen LogP contribution in [-0.2, 0) is 6.61 Å². The van der Waals surface area contributed by atoms with Gasteiger partial charge in [-0.2, -0.15) is 0 Å². The number of amides is 1. The minimum absolute atomic E-state index is 0.101. The maximum absolute atomic E-state index is 13.7. The number of aromatic carboxylic acids is 1. The van der Waals surface area contributed by atoms with Crippen molar-refractivity contribution in [3.8, 4) is 0 Å². The summed E-state index contributed by atoms with van der Waals surface area (Å²) in [5, 5.41) is 20.0. The average Bonchev–Trinajstić information content (AvgIpc) is 2.49. The number of nitrogens with one attached hydrogen (secondary N) is 1. The topological polar surface area (TPSA) is 86.6 Å². The molecular weight excluding hydrogens is 277 g/mol. The van der Waals surface area contributed by atoms with E-state index in [9.17, 15) is 14.0 Å². The second kappa shape index (κ2) is 6.15. The van der Waals surface area contributed by atoms with Crippen molar-refractivity contribution in [1.29, 1.82) is 0 Å². The molecule has 5 nitrogen and oxygen atoms in total. The monoisotopic (exact) mass is 289 g/mol. The maximum Gasteiger partial charge on any atom is 0.335 e. The molecule has 21 heavy (non-hydrogen) atoms. The SMILES string of the molecule is O=C(O)c1ccc(NC(=O)c2ccc(CO)cc2)c(F)c1. The first-order chi connectivity index (χ1) is 10.0. The molecule has 2 aromatic rings. The fourth-order valence-electron chi connectivity index (χ4n) is 1.71. The first-order valence-corrected chi connectivity index (χ1v) is 6.05. The van der Waals surface area contributed by atoms with E-state index in [2.05, 4.69) is 5.32 Å².